The molecule has 0 saturated heterocycles. The van der Waals surface area contributed by atoms with Gasteiger partial charge < -0.3 is 13.9 Å². The van der Waals surface area contributed by atoms with E-state index in [4.69, 9.17) is 13.9 Å². The van der Waals surface area contributed by atoms with Gasteiger partial charge in [-0.1, -0.05) is 12.1 Å². The number of rotatable bonds is 5. The average Bonchev–Trinajstić information content (AvgIpc) is 3.11. The number of aryl methyl sites for hydroxylation is 2. The Morgan fingerprint density at radius 1 is 1.00 bits per heavy atom. The first-order chi connectivity index (χ1) is 13.4. The van der Waals surface area contributed by atoms with E-state index >= 15 is 0 Å². The fourth-order valence-electron chi connectivity index (χ4n) is 2.88. The van der Waals surface area contributed by atoms with E-state index in [-0.39, 0.29) is 12.3 Å². The van der Waals surface area contributed by atoms with Gasteiger partial charge in [0.25, 0.3) is 5.91 Å². The molecule has 3 rings (SSSR count). The largest absolute Gasteiger partial charge is 0.497 e. The summed E-state index contributed by atoms with van der Waals surface area (Å²) in [6.07, 6.45) is 1.66. The zero-order chi connectivity index (χ0) is 20.3. The second-order valence-electron chi connectivity index (χ2n) is 6.43. The summed E-state index contributed by atoms with van der Waals surface area (Å²) >= 11 is 0. The van der Waals surface area contributed by atoms with Gasteiger partial charge in [-0.25, -0.2) is 0 Å². The number of hydrazine groups is 1. The van der Waals surface area contributed by atoms with Crippen molar-refractivity contribution in [3.63, 3.8) is 0 Å². The van der Waals surface area contributed by atoms with Crippen molar-refractivity contribution in [3.8, 4) is 11.5 Å². The van der Waals surface area contributed by atoms with Gasteiger partial charge in [0, 0.05) is 22.6 Å². The van der Waals surface area contributed by atoms with E-state index < -0.39 is 5.91 Å². The molecule has 1 heterocycles. The van der Waals surface area contributed by atoms with Crippen molar-refractivity contribution < 1.29 is 23.5 Å². The molecule has 2 aromatic carbocycles. The number of amides is 2. The van der Waals surface area contributed by atoms with Crippen molar-refractivity contribution in [2.75, 3.05) is 14.2 Å². The van der Waals surface area contributed by atoms with E-state index in [1.807, 2.05) is 26.0 Å². The second kappa shape index (κ2) is 8.04. The monoisotopic (exact) mass is 382 g/mol. The predicted molar refractivity (Wildman–Crippen MR) is 105 cm³/mol. The van der Waals surface area contributed by atoms with Crippen molar-refractivity contribution in [1.82, 2.24) is 10.9 Å². The van der Waals surface area contributed by atoms with Gasteiger partial charge in [-0.3, -0.25) is 20.4 Å². The van der Waals surface area contributed by atoms with E-state index in [0.29, 0.717) is 17.1 Å². The highest BCUT2D eigenvalue weighted by atomic mass is 16.5. The molecule has 0 bridgehead atoms. The number of furan rings is 1. The maximum atomic E-state index is 12.3. The minimum absolute atomic E-state index is 0.0806. The lowest BCUT2D eigenvalue weighted by Crippen LogP contribution is -2.42. The highest BCUT2D eigenvalue weighted by molar-refractivity contribution is 5.97. The van der Waals surface area contributed by atoms with E-state index in [9.17, 15) is 9.59 Å². The highest BCUT2D eigenvalue weighted by Gasteiger charge is 2.14. The molecule has 0 atom stereocenters. The standard InChI is InChI=1S/C21H22N2O5/c1-12-5-6-18-15(11-28-20(18)13(12)2)9-19(24)22-23-21(25)14-7-16(26-3)10-17(8-14)27-4/h5-8,10-11H,9H2,1-4H3,(H,22,24)(H,23,25). The van der Waals surface area contributed by atoms with Crippen LogP contribution >= 0.6 is 0 Å². The van der Waals surface area contributed by atoms with Crippen LogP contribution < -0.4 is 20.3 Å². The zero-order valence-electron chi connectivity index (χ0n) is 16.2. The van der Waals surface area contributed by atoms with Gasteiger partial charge in [0.05, 0.1) is 26.9 Å². The molecule has 2 amide bonds. The van der Waals surface area contributed by atoms with Crippen LogP contribution in [0.2, 0.25) is 0 Å². The molecule has 2 N–H and O–H groups in total. The Hall–Kier alpha value is -3.48. The summed E-state index contributed by atoms with van der Waals surface area (Å²) in [7, 11) is 2.99. The number of fused-ring (bicyclic) bond motifs is 1. The zero-order valence-corrected chi connectivity index (χ0v) is 16.2. The van der Waals surface area contributed by atoms with Gasteiger partial charge in [-0.05, 0) is 37.1 Å². The van der Waals surface area contributed by atoms with Crippen LogP contribution in [0.1, 0.15) is 27.0 Å². The number of nitrogens with one attached hydrogen (secondary N) is 2. The van der Waals surface area contributed by atoms with Gasteiger partial charge >= 0.3 is 0 Å². The summed E-state index contributed by atoms with van der Waals surface area (Å²) in [4.78, 5) is 24.6. The Morgan fingerprint density at radius 3 is 2.32 bits per heavy atom. The van der Waals surface area contributed by atoms with E-state index in [0.717, 1.165) is 27.7 Å². The van der Waals surface area contributed by atoms with Crippen LogP contribution in [0.3, 0.4) is 0 Å². The number of hydrogen-bond acceptors (Lipinski definition) is 5. The molecule has 0 spiro atoms. The molecule has 7 heteroatoms. The predicted octanol–water partition coefficient (Wildman–Crippen LogP) is 3.07. The quantitative estimate of drug-likeness (QED) is 0.662. The molecule has 0 aliphatic heterocycles. The minimum atomic E-state index is -0.478. The van der Waals surface area contributed by atoms with Crippen LogP contribution in [0.4, 0.5) is 0 Å². The summed E-state index contributed by atoms with van der Waals surface area (Å²) in [5.41, 5.74) is 8.83. The second-order valence-corrected chi connectivity index (χ2v) is 6.43. The molecule has 0 unspecified atom stereocenters. The minimum Gasteiger partial charge on any atom is -0.497 e. The Bertz CT molecular complexity index is 1020. The van der Waals surface area contributed by atoms with Crippen LogP contribution in [-0.2, 0) is 11.2 Å². The summed E-state index contributed by atoms with van der Waals surface area (Å²) in [5, 5.41) is 0.891. The molecule has 146 valence electrons. The Balaban J connectivity index is 1.66. The number of ether oxygens (including phenoxy) is 2. The van der Waals surface area contributed by atoms with Crippen LogP contribution in [0.25, 0.3) is 11.0 Å². The maximum absolute atomic E-state index is 12.3. The molecule has 0 fully saturated rings. The molecule has 3 aromatic rings. The maximum Gasteiger partial charge on any atom is 0.269 e. The van der Waals surface area contributed by atoms with Gasteiger partial charge in [-0.2, -0.15) is 0 Å². The number of carbonyl (C=O) groups is 2. The third kappa shape index (κ3) is 3.93. The van der Waals surface area contributed by atoms with Crippen molar-refractivity contribution in [2.24, 2.45) is 0 Å². The first-order valence-electron chi connectivity index (χ1n) is 8.71. The fourth-order valence-corrected chi connectivity index (χ4v) is 2.88. The Morgan fingerprint density at radius 2 is 1.68 bits per heavy atom. The number of carbonyl (C=O) groups excluding carboxylic acids is 2. The van der Waals surface area contributed by atoms with Gasteiger partial charge in [0.15, 0.2) is 0 Å². The lowest BCUT2D eigenvalue weighted by atomic mass is 10.0. The molecular formula is C21H22N2O5. The average molecular weight is 382 g/mol. The molecule has 1 aromatic heterocycles. The molecule has 7 nitrogen and oxygen atoms in total. The normalized spacial score (nSPS) is 10.6. The number of methoxy groups -OCH3 is 2. The summed E-state index contributed by atoms with van der Waals surface area (Å²) in [6, 6.07) is 8.69. The SMILES string of the molecule is COc1cc(OC)cc(C(=O)NNC(=O)Cc2coc3c(C)c(C)ccc23)c1. The van der Waals surface area contributed by atoms with E-state index in [1.54, 1.807) is 24.5 Å². The first-order valence-corrected chi connectivity index (χ1v) is 8.71. The van der Waals surface area contributed by atoms with Crippen LogP contribution in [0, 0.1) is 13.8 Å². The lowest BCUT2D eigenvalue weighted by Gasteiger charge is -2.10. The van der Waals surface area contributed by atoms with Crippen molar-refractivity contribution in [3.05, 3.63) is 58.8 Å². The Kier molecular flexibility index (Phi) is 5.54. The van der Waals surface area contributed by atoms with Crippen LogP contribution in [-0.4, -0.2) is 26.0 Å². The van der Waals surface area contributed by atoms with Gasteiger partial charge in [0.1, 0.15) is 17.1 Å². The molecule has 0 aliphatic rings. The smallest absolute Gasteiger partial charge is 0.269 e. The topological polar surface area (TPSA) is 89.8 Å². The highest BCUT2D eigenvalue weighted by Crippen LogP contribution is 2.26. The number of hydrogen-bond donors (Lipinski definition) is 2. The molecule has 0 aliphatic carbocycles. The van der Waals surface area contributed by atoms with Gasteiger partial charge in [-0.15, -0.1) is 0 Å². The lowest BCUT2D eigenvalue weighted by molar-refractivity contribution is -0.121. The Labute approximate surface area is 162 Å². The molecule has 0 radical (unpaired) electrons. The van der Waals surface area contributed by atoms with Crippen LogP contribution in [0.15, 0.2) is 41.0 Å². The number of benzene rings is 2. The molecule has 28 heavy (non-hydrogen) atoms. The summed E-state index contributed by atoms with van der Waals surface area (Å²) < 4.78 is 15.9. The van der Waals surface area contributed by atoms with E-state index in [2.05, 4.69) is 10.9 Å². The van der Waals surface area contributed by atoms with Crippen molar-refractivity contribution in [1.29, 1.82) is 0 Å². The first kappa shape index (κ1) is 19.3. The van der Waals surface area contributed by atoms with E-state index in [1.165, 1.54) is 14.2 Å². The van der Waals surface area contributed by atoms with Crippen molar-refractivity contribution in [2.45, 2.75) is 20.3 Å². The molecular weight excluding hydrogens is 360 g/mol. The summed E-state index contributed by atoms with van der Waals surface area (Å²) in [6.45, 7) is 3.99. The van der Waals surface area contributed by atoms with Crippen molar-refractivity contribution >= 4 is 22.8 Å². The van der Waals surface area contributed by atoms with Crippen LogP contribution in [0.5, 0.6) is 11.5 Å². The summed E-state index contributed by atoms with van der Waals surface area (Å²) in [5.74, 6) is 0.121. The third-order valence-corrected chi connectivity index (χ3v) is 4.62. The van der Waals surface area contributed by atoms with Gasteiger partial charge in [0.2, 0.25) is 5.91 Å². The third-order valence-electron chi connectivity index (χ3n) is 4.62. The fraction of sp³-hybridized carbons (Fsp3) is 0.238. The molecule has 0 saturated carbocycles.